The van der Waals surface area contributed by atoms with Crippen molar-refractivity contribution in [3.63, 3.8) is 0 Å². The number of hydrogen-bond acceptors (Lipinski definition) is 8. The number of rotatable bonds is 8. The number of thioether (sulfide) groups is 1. The Bertz CT molecular complexity index is 621. The van der Waals surface area contributed by atoms with Gasteiger partial charge in [-0.2, -0.15) is 0 Å². The molecule has 8 heteroatoms. The van der Waals surface area contributed by atoms with Crippen molar-refractivity contribution in [1.82, 2.24) is 0 Å². The predicted octanol–water partition coefficient (Wildman–Crippen LogP) is 1.20. The molecule has 24 heavy (non-hydrogen) atoms. The van der Waals surface area contributed by atoms with Crippen LogP contribution in [-0.2, 0) is 14.3 Å². The van der Waals surface area contributed by atoms with Gasteiger partial charge in [0.15, 0.2) is 5.54 Å². The molecule has 2 N–H and O–H groups in total. The summed E-state index contributed by atoms with van der Waals surface area (Å²) in [6, 6.07) is 4.92. The Morgan fingerprint density at radius 3 is 2.83 bits per heavy atom. The van der Waals surface area contributed by atoms with Crippen molar-refractivity contribution < 1.29 is 29.2 Å². The molecule has 0 saturated heterocycles. The van der Waals surface area contributed by atoms with Gasteiger partial charge in [0.2, 0.25) is 0 Å². The van der Waals surface area contributed by atoms with Gasteiger partial charge in [-0.15, -0.1) is 11.8 Å². The third-order valence-electron chi connectivity index (χ3n) is 3.40. The van der Waals surface area contributed by atoms with Gasteiger partial charge in [0, 0.05) is 17.4 Å². The fraction of sp³-hybridized carbons (Fsp3) is 0.500. The molecule has 7 nitrogen and oxygen atoms in total. The van der Waals surface area contributed by atoms with Crippen LogP contribution in [0.4, 0.5) is 0 Å². The van der Waals surface area contributed by atoms with Crippen LogP contribution in [0.1, 0.15) is 12.5 Å². The molecule has 1 aliphatic rings. The first-order valence-electron chi connectivity index (χ1n) is 7.46. The minimum absolute atomic E-state index is 0.0280. The topological polar surface area (TPSA) is 97.6 Å². The molecule has 0 aliphatic carbocycles. The molecule has 2 rings (SSSR count). The first-order valence-corrected chi connectivity index (χ1v) is 8.44. The van der Waals surface area contributed by atoms with Gasteiger partial charge in [0.05, 0.1) is 26.9 Å². The van der Waals surface area contributed by atoms with Crippen LogP contribution >= 0.6 is 11.8 Å². The first-order chi connectivity index (χ1) is 11.5. The highest BCUT2D eigenvalue weighted by atomic mass is 32.2. The lowest BCUT2D eigenvalue weighted by atomic mass is 10.1. The number of aliphatic imine (C=N–C) groups is 1. The quantitative estimate of drug-likeness (QED) is 0.534. The highest BCUT2D eigenvalue weighted by molar-refractivity contribution is 8.14. The Morgan fingerprint density at radius 1 is 1.38 bits per heavy atom. The van der Waals surface area contributed by atoms with Gasteiger partial charge in [0.25, 0.3) is 0 Å². The number of benzene rings is 1. The van der Waals surface area contributed by atoms with Gasteiger partial charge in [0.1, 0.15) is 23.1 Å². The summed E-state index contributed by atoms with van der Waals surface area (Å²) in [6.45, 7) is 2.61. The molecule has 1 heterocycles. The predicted molar refractivity (Wildman–Crippen MR) is 90.9 cm³/mol. The molecule has 0 fully saturated rings. The van der Waals surface area contributed by atoms with Gasteiger partial charge in [-0.3, -0.25) is 4.99 Å². The average Bonchev–Trinajstić information content (AvgIpc) is 2.97. The first kappa shape index (κ1) is 18.6. The van der Waals surface area contributed by atoms with E-state index >= 15 is 0 Å². The number of ether oxygens (including phenoxy) is 3. The maximum absolute atomic E-state index is 11.8. The largest absolute Gasteiger partial charge is 0.507 e. The fourth-order valence-corrected chi connectivity index (χ4v) is 3.32. The molecule has 0 amide bonds. The Morgan fingerprint density at radius 2 is 2.17 bits per heavy atom. The lowest BCUT2D eigenvalue weighted by Gasteiger charge is -2.15. The van der Waals surface area contributed by atoms with E-state index in [0.717, 1.165) is 0 Å². The van der Waals surface area contributed by atoms with Gasteiger partial charge in [-0.25, -0.2) is 4.79 Å². The van der Waals surface area contributed by atoms with Gasteiger partial charge in [-0.1, -0.05) is 0 Å². The van der Waals surface area contributed by atoms with Crippen molar-refractivity contribution in [2.45, 2.75) is 12.5 Å². The minimum atomic E-state index is -0.930. The molecule has 1 aliphatic heterocycles. The number of aromatic hydroxyl groups is 1. The zero-order valence-corrected chi connectivity index (χ0v) is 14.5. The number of phenolic OH excluding ortho intramolecular Hbond substituents is 1. The maximum Gasteiger partial charge on any atom is 0.334 e. The molecule has 0 spiro atoms. The smallest absolute Gasteiger partial charge is 0.334 e. The van der Waals surface area contributed by atoms with Crippen molar-refractivity contribution in [2.24, 2.45) is 4.99 Å². The summed E-state index contributed by atoms with van der Waals surface area (Å²) in [5.74, 6) is 0.606. The zero-order valence-electron chi connectivity index (χ0n) is 13.7. The number of aliphatic hydroxyl groups excluding tert-OH is 1. The van der Waals surface area contributed by atoms with E-state index in [4.69, 9.17) is 19.3 Å². The van der Waals surface area contributed by atoms with Gasteiger partial charge in [-0.05, 0) is 19.1 Å². The van der Waals surface area contributed by atoms with Gasteiger partial charge < -0.3 is 24.4 Å². The number of carbonyl (C=O) groups excluding carboxylic acids is 1. The van der Waals surface area contributed by atoms with E-state index in [-0.39, 0.29) is 19.0 Å². The molecule has 1 aromatic rings. The van der Waals surface area contributed by atoms with Crippen LogP contribution in [-0.4, -0.2) is 66.1 Å². The zero-order chi connectivity index (χ0) is 17.6. The maximum atomic E-state index is 11.8. The van der Waals surface area contributed by atoms with E-state index in [1.807, 2.05) is 0 Å². The number of nitrogens with zero attached hydrogens (tertiary/aromatic N) is 1. The highest BCUT2D eigenvalue weighted by Crippen LogP contribution is 2.35. The molecular weight excluding hydrogens is 334 g/mol. The average molecular weight is 355 g/mol. The van der Waals surface area contributed by atoms with Crippen molar-refractivity contribution >= 4 is 22.8 Å². The summed E-state index contributed by atoms with van der Waals surface area (Å²) in [4.78, 5) is 16.2. The second-order valence-corrected chi connectivity index (χ2v) is 6.30. The van der Waals surface area contributed by atoms with E-state index in [2.05, 4.69) is 4.99 Å². The summed E-state index contributed by atoms with van der Waals surface area (Å²) in [6.07, 6.45) is 0. The van der Waals surface area contributed by atoms with Crippen LogP contribution in [0, 0.1) is 0 Å². The fourth-order valence-electron chi connectivity index (χ4n) is 2.13. The molecule has 0 aromatic heterocycles. The molecule has 0 bridgehead atoms. The number of aliphatic hydroxyl groups is 1. The second kappa shape index (κ2) is 8.36. The second-order valence-electron chi connectivity index (χ2n) is 5.33. The third-order valence-corrected chi connectivity index (χ3v) is 4.69. The van der Waals surface area contributed by atoms with Crippen LogP contribution in [0.25, 0.3) is 0 Å². The number of methoxy groups -OCH3 is 1. The van der Waals surface area contributed by atoms with Crippen molar-refractivity contribution in [1.29, 1.82) is 0 Å². The molecular formula is C16H21NO6S. The standard InChI is InChI=1S/C16H21NO6S/c1-16(15(20)21-2)10-24-14(17-16)12-4-3-11(9-13(12)19)23-8-7-22-6-5-18/h3-4,9,18-19H,5-8,10H2,1-2H3/t16-/m1/s1. The molecule has 0 radical (unpaired) electrons. The number of phenols is 1. The van der Waals surface area contributed by atoms with E-state index in [1.54, 1.807) is 19.1 Å². The molecule has 1 atom stereocenters. The molecule has 132 valence electrons. The molecule has 0 saturated carbocycles. The van der Waals surface area contributed by atoms with Crippen LogP contribution in [0.15, 0.2) is 23.2 Å². The molecule has 1 aromatic carbocycles. The van der Waals surface area contributed by atoms with Crippen molar-refractivity contribution in [3.05, 3.63) is 23.8 Å². The van der Waals surface area contributed by atoms with Crippen molar-refractivity contribution in [2.75, 3.05) is 39.3 Å². The third kappa shape index (κ3) is 4.40. The Labute approximate surface area is 144 Å². The van der Waals surface area contributed by atoms with Crippen LogP contribution in [0.3, 0.4) is 0 Å². The van der Waals surface area contributed by atoms with Crippen LogP contribution < -0.4 is 4.74 Å². The Balaban J connectivity index is 2.02. The van der Waals surface area contributed by atoms with Crippen molar-refractivity contribution in [3.8, 4) is 11.5 Å². The Hall–Kier alpha value is -1.77. The summed E-state index contributed by atoms with van der Waals surface area (Å²) < 4.78 is 15.3. The highest BCUT2D eigenvalue weighted by Gasteiger charge is 2.40. The number of esters is 1. The van der Waals surface area contributed by atoms with E-state index < -0.39 is 11.5 Å². The lowest BCUT2D eigenvalue weighted by molar-refractivity contribution is -0.145. The lowest BCUT2D eigenvalue weighted by Crippen LogP contribution is -2.34. The summed E-state index contributed by atoms with van der Waals surface area (Å²) in [7, 11) is 1.33. The minimum Gasteiger partial charge on any atom is -0.507 e. The monoisotopic (exact) mass is 355 g/mol. The Kier molecular flexibility index (Phi) is 6.47. The summed E-state index contributed by atoms with van der Waals surface area (Å²) in [5, 5.41) is 19.4. The number of hydrogen-bond donors (Lipinski definition) is 2. The van der Waals surface area contributed by atoms with E-state index in [1.165, 1.54) is 24.9 Å². The van der Waals surface area contributed by atoms with Crippen LogP contribution in [0.2, 0.25) is 0 Å². The summed E-state index contributed by atoms with van der Waals surface area (Å²) >= 11 is 1.40. The van der Waals surface area contributed by atoms with Gasteiger partial charge >= 0.3 is 5.97 Å². The van der Waals surface area contributed by atoms with E-state index in [9.17, 15) is 9.90 Å². The van der Waals surface area contributed by atoms with Crippen LogP contribution in [0.5, 0.6) is 11.5 Å². The van der Waals surface area contributed by atoms with E-state index in [0.29, 0.717) is 35.3 Å². The SMILES string of the molecule is COC(=O)[C@@]1(C)CSC(c2ccc(OCCOCCO)cc2O)=N1. The summed E-state index contributed by atoms with van der Waals surface area (Å²) in [5.41, 5.74) is -0.378. The molecule has 0 unspecified atom stereocenters. The number of carbonyl (C=O) groups is 1. The normalized spacial score (nSPS) is 19.9.